The molecule has 0 saturated carbocycles. The van der Waals surface area contributed by atoms with Crippen molar-refractivity contribution in [3.63, 3.8) is 0 Å². The van der Waals surface area contributed by atoms with Crippen molar-refractivity contribution in [2.24, 2.45) is 0 Å². The Hall–Kier alpha value is -1.15. The number of carbonyl (C=O) groups excluding carboxylic acids is 1. The molecule has 1 aromatic rings. The lowest BCUT2D eigenvalue weighted by molar-refractivity contribution is -0.140. The number of rotatable bonds is 6. The van der Waals surface area contributed by atoms with Gasteiger partial charge in [0.05, 0.1) is 6.54 Å². The first kappa shape index (κ1) is 14.9. The van der Waals surface area contributed by atoms with E-state index in [1.54, 1.807) is 7.05 Å². The van der Waals surface area contributed by atoms with E-state index in [0.717, 1.165) is 23.3 Å². The van der Waals surface area contributed by atoms with E-state index in [1.165, 1.54) is 0 Å². The van der Waals surface area contributed by atoms with Gasteiger partial charge in [-0.3, -0.25) is 4.79 Å². The lowest BCUT2D eigenvalue weighted by atomic mass is 10.3. The summed E-state index contributed by atoms with van der Waals surface area (Å²) in [7, 11) is 1.78. The summed E-state index contributed by atoms with van der Waals surface area (Å²) in [6.07, 6.45) is -3.39. The Labute approximate surface area is 107 Å². The Balaban J connectivity index is 2.35. The van der Waals surface area contributed by atoms with Gasteiger partial charge in [0.2, 0.25) is 5.91 Å². The highest BCUT2D eigenvalue weighted by atomic mass is 32.1. The molecule has 0 unspecified atom stereocenters. The summed E-state index contributed by atoms with van der Waals surface area (Å²) >= 11 is 0.889. The molecule has 0 aromatic carbocycles. The van der Waals surface area contributed by atoms with Crippen LogP contribution in [0.1, 0.15) is 23.5 Å². The van der Waals surface area contributed by atoms with Crippen molar-refractivity contribution in [1.29, 1.82) is 0 Å². The zero-order valence-corrected chi connectivity index (χ0v) is 10.6. The van der Waals surface area contributed by atoms with Crippen LogP contribution in [0.3, 0.4) is 0 Å². The van der Waals surface area contributed by atoms with Crippen molar-refractivity contribution >= 4 is 17.2 Å². The molecule has 0 spiro atoms. The highest BCUT2D eigenvalue weighted by molar-refractivity contribution is 7.09. The van der Waals surface area contributed by atoms with Gasteiger partial charge in [0, 0.05) is 11.8 Å². The number of carbonyl (C=O) groups is 1. The van der Waals surface area contributed by atoms with E-state index in [9.17, 15) is 18.0 Å². The molecule has 1 amide bonds. The molecule has 1 aromatic heterocycles. The molecule has 1 heterocycles. The summed E-state index contributed by atoms with van der Waals surface area (Å²) in [5.74, 6) is -0.186. The highest BCUT2D eigenvalue weighted by Gasteiger charge is 2.33. The molecule has 0 fully saturated rings. The van der Waals surface area contributed by atoms with E-state index in [1.807, 2.05) is 0 Å². The lowest BCUT2D eigenvalue weighted by Gasteiger charge is -2.03. The van der Waals surface area contributed by atoms with Gasteiger partial charge in [-0.1, -0.05) is 0 Å². The smallest absolute Gasteiger partial charge is 0.350 e. The second-order valence-electron chi connectivity index (χ2n) is 3.61. The number of halogens is 3. The number of alkyl halides is 3. The minimum Gasteiger partial charge on any atom is -0.350 e. The van der Waals surface area contributed by atoms with Crippen molar-refractivity contribution < 1.29 is 18.0 Å². The van der Waals surface area contributed by atoms with Crippen LogP contribution in [-0.2, 0) is 17.5 Å². The second kappa shape index (κ2) is 6.69. The van der Waals surface area contributed by atoms with Crippen LogP contribution < -0.4 is 10.6 Å². The van der Waals surface area contributed by atoms with E-state index in [0.29, 0.717) is 12.8 Å². The maximum atomic E-state index is 12.3. The minimum atomic E-state index is -4.43. The van der Waals surface area contributed by atoms with Crippen LogP contribution >= 0.6 is 11.3 Å². The Morgan fingerprint density at radius 2 is 2.22 bits per heavy atom. The fourth-order valence-corrected chi connectivity index (χ4v) is 1.95. The maximum Gasteiger partial charge on any atom is 0.434 e. The molecule has 8 heteroatoms. The average molecular weight is 281 g/mol. The van der Waals surface area contributed by atoms with E-state index in [2.05, 4.69) is 15.6 Å². The van der Waals surface area contributed by atoms with Crippen molar-refractivity contribution in [2.45, 2.75) is 25.6 Å². The molecule has 0 atom stereocenters. The van der Waals surface area contributed by atoms with Crippen LogP contribution in [0.4, 0.5) is 13.2 Å². The molecular formula is C10H14F3N3OS. The van der Waals surface area contributed by atoms with Gasteiger partial charge >= 0.3 is 6.18 Å². The summed E-state index contributed by atoms with van der Waals surface area (Å²) < 4.78 is 36.8. The van der Waals surface area contributed by atoms with Gasteiger partial charge in [0.1, 0.15) is 5.01 Å². The van der Waals surface area contributed by atoms with Gasteiger partial charge in [-0.2, -0.15) is 13.2 Å². The van der Waals surface area contributed by atoms with Crippen LogP contribution in [0.2, 0.25) is 0 Å². The summed E-state index contributed by atoms with van der Waals surface area (Å²) in [6.45, 7) is 0.766. The number of thiazole rings is 1. The molecular weight excluding hydrogens is 267 g/mol. The first-order chi connectivity index (χ1) is 8.43. The molecule has 0 saturated heterocycles. The Morgan fingerprint density at radius 3 is 2.78 bits per heavy atom. The third kappa shape index (κ3) is 5.01. The third-order valence-electron chi connectivity index (χ3n) is 2.11. The lowest BCUT2D eigenvalue weighted by Crippen LogP contribution is -2.23. The Morgan fingerprint density at radius 1 is 1.50 bits per heavy atom. The highest BCUT2D eigenvalue weighted by Crippen LogP contribution is 2.29. The molecule has 0 bridgehead atoms. The zero-order chi connectivity index (χ0) is 13.6. The fraction of sp³-hybridized carbons (Fsp3) is 0.600. The maximum absolute atomic E-state index is 12.3. The molecule has 1 rings (SSSR count). The summed E-state index contributed by atoms with van der Waals surface area (Å²) in [6, 6.07) is 0. The first-order valence-corrected chi connectivity index (χ1v) is 6.24. The van der Waals surface area contributed by atoms with Gasteiger partial charge in [0.15, 0.2) is 5.69 Å². The number of hydrogen-bond acceptors (Lipinski definition) is 4. The Bertz CT molecular complexity index is 392. The predicted octanol–water partition coefficient (Wildman–Crippen LogP) is 1.78. The first-order valence-electron chi connectivity index (χ1n) is 5.36. The molecule has 18 heavy (non-hydrogen) atoms. The van der Waals surface area contributed by atoms with Crippen molar-refractivity contribution in [3.8, 4) is 0 Å². The molecule has 102 valence electrons. The second-order valence-corrected chi connectivity index (χ2v) is 4.55. The predicted molar refractivity (Wildman–Crippen MR) is 62.1 cm³/mol. The molecule has 0 radical (unpaired) electrons. The van der Waals surface area contributed by atoms with Crippen molar-refractivity contribution in [2.75, 3.05) is 13.6 Å². The molecule has 0 aliphatic heterocycles. The summed E-state index contributed by atoms with van der Waals surface area (Å²) in [5.41, 5.74) is -0.910. The van der Waals surface area contributed by atoms with Crippen molar-refractivity contribution in [3.05, 3.63) is 16.1 Å². The van der Waals surface area contributed by atoms with Gasteiger partial charge in [-0.25, -0.2) is 4.98 Å². The van der Waals surface area contributed by atoms with Crippen LogP contribution in [0.15, 0.2) is 5.38 Å². The molecule has 0 aliphatic rings. The fourth-order valence-electron chi connectivity index (χ4n) is 1.21. The number of aromatic nitrogens is 1. The average Bonchev–Trinajstić information content (AvgIpc) is 2.75. The monoisotopic (exact) mass is 281 g/mol. The zero-order valence-electron chi connectivity index (χ0n) is 9.80. The number of nitrogens with zero attached hydrogens (tertiary/aromatic N) is 1. The van der Waals surface area contributed by atoms with Gasteiger partial charge < -0.3 is 10.6 Å². The van der Waals surface area contributed by atoms with Gasteiger partial charge in [-0.15, -0.1) is 11.3 Å². The minimum absolute atomic E-state index is 0.0408. The number of hydrogen-bond donors (Lipinski definition) is 2. The van der Waals surface area contributed by atoms with Crippen LogP contribution in [0.25, 0.3) is 0 Å². The normalized spacial score (nSPS) is 11.6. The summed E-state index contributed by atoms with van der Waals surface area (Å²) in [5, 5.41) is 6.64. The van der Waals surface area contributed by atoms with Crippen LogP contribution in [0.5, 0.6) is 0 Å². The van der Waals surface area contributed by atoms with Crippen molar-refractivity contribution in [1.82, 2.24) is 15.6 Å². The van der Waals surface area contributed by atoms with E-state index >= 15 is 0 Å². The van der Waals surface area contributed by atoms with Gasteiger partial charge in [0.25, 0.3) is 0 Å². The third-order valence-corrected chi connectivity index (χ3v) is 2.96. The molecule has 4 nitrogen and oxygen atoms in total. The number of nitrogens with one attached hydrogen (secondary N) is 2. The summed E-state index contributed by atoms with van der Waals surface area (Å²) in [4.78, 5) is 14.7. The molecule has 0 aliphatic carbocycles. The van der Waals surface area contributed by atoms with E-state index in [-0.39, 0.29) is 17.5 Å². The van der Waals surface area contributed by atoms with E-state index < -0.39 is 11.9 Å². The van der Waals surface area contributed by atoms with Gasteiger partial charge in [-0.05, 0) is 20.0 Å². The van der Waals surface area contributed by atoms with E-state index in [4.69, 9.17) is 0 Å². The molecule has 2 N–H and O–H groups in total. The quantitative estimate of drug-likeness (QED) is 0.781. The SMILES string of the molecule is CNCCCC(=O)NCc1nc(C(F)(F)F)cs1. The standard InChI is InChI=1S/C10H14F3N3OS/c1-14-4-2-3-8(17)15-5-9-16-7(6-18-9)10(11,12)13/h6,14H,2-5H2,1H3,(H,15,17). The topological polar surface area (TPSA) is 54.0 Å². The van der Waals surface area contributed by atoms with Crippen LogP contribution in [0, 0.1) is 0 Å². The number of amides is 1. The van der Waals surface area contributed by atoms with Crippen LogP contribution in [-0.4, -0.2) is 24.5 Å². The largest absolute Gasteiger partial charge is 0.434 e. The Kier molecular flexibility index (Phi) is 5.54.